The zero-order valence-electron chi connectivity index (χ0n) is 12.0. The van der Waals surface area contributed by atoms with Gasteiger partial charge in [-0.2, -0.15) is 0 Å². The van der Waals surface area contributed by atoms with Crippen LogP contribution in [0.3, 0.4) is 0 Å². The van der Waals surface area contributed by atoms with Crippen LogP contribution in [-0.2, 0) is 14.3 Å². The van der Waals surface area contributed by atoms with Crippen molar-refractivity contribution in [1.82, 2.24) is 0 Å². The van der Waals surface area contributed by atoms with E-state index in [1.54, 1.807) is 0 Å². The molecule has 9 atom stereocenters. The summed E-state index contributed by atoms with van der Waals surface area (Å²) in [5.74, 6) is 0. The maximum atomic E-state index is 10.3. The molecule has 0 saturated carbocycles. The van der Waals surface area contributed by atoms with Crippen LogP contribution in [0.2, 0.25) is 0 Å². The van der Waals surface area contributed by atoms with Gasteiger partial charge in [-0.05, 0) is 0 Å². The third kappa shape index (κ3) is 4.87. The lowest BCUT2D eigenvalue weighted by Crippen LogP contribution is -2.59. The maximum absolute atomic E-state index is 10.3. The standard InChI is InChI=1S/C12H22O11/c13-1-4(15)7(17)8(18)5(16)3-22-12-11(21)10(20)9(19)6(2-14)23-12/h1,4-12,14-21H,2-3H2/t4-,5-,6+,7-,8-,9+,10-,11-,12-/m1/s1. The molecular weight excluding hydrogens is 320 g/mol. The second-order valence-corrected chi connectivity index (χ2v) is 5.21. The first kappa shape index (κ1) is 20.3. The molecule has 0 radical (unpaired) electrons. The van der Waals surface area contributed by atoms with E-state index in [1.807, 2.05) is 0 Å². The summed E-state index contributed by atoms with van der Waals surface area (Å²) in [4.78, 5) is 10.3. The highest BCUT2D eigenvalue weighted by Gasteiger charge is 2.44. The van der Waals surface area contributed by atoms with Gasteiger partial charge in [0, 0.05) is 0 Å². The number of aliphatic hydroxyl groups is 8. The van der Waals surface area contributed by atoms with Gasteiger partial charge in [-0.25, -0.2) is 0 Å². The average Bonchev–Trinajstić information content (AvgIpc) is 2.56. The van der Waals surface area contributed by atoms with Crippen molar-refractivity contribution in [2.24, 2.45) is 0 Å². The predicted molar refractivity (Wildman–Crippen MR) is 69.8 cm³/mol. The summed E-state index contributed by atoms with van der Waals surface area (Å²) in [5.41, 5.74) is 0. The van der Waals surface area contributed by atoms with E-state index >= 15 is 0 Å². The Morgan fingerprint density at radius 2 is 1.61 bits per heavy atom. The molecule has 0 unspecified atom stereocenters. The van der Waals surface area contributed by atoms with Gasteiger partial charge in [0.15, 0.2) is 12.6 Å². The number of carbonyl (C=O) groups excluding carboxylic acids is 1. The Hall–Kier alpha value is -0.730. The maximum Gasteiger partial charge on any atom is 0.186 e. The Balaban J connectivity index is 2.57. The third-order valence-electron chi connectivity index (χ3n) is 3.51. The molecule has 11 nitrogen and oxygen atoms in total. The second kappa shape index (κ2) is 8.94. The van der Waals surface area contributed by atoms with Crippen LogP contribution >= 0.6 is 0 Å². The lowest BCUT2D eigenvalue weighted by Gasteiger charge is -2.40. The van der Waals surface area contributed by atoms with Crippen LogP contribution in [0.25, 0.3) is 0 Å². The van der Waals surface area contributed by atoms with Gasteiger partial charge >= 0.3 is 0 Å². The van der Waals surface area contributed by atoms with Crippen LogP contribution in [0.1, 0.15) is 0 Å². The molecule has 1 fully saturated rings. The van der Waals surface area contributed by atoms with Gasteiger partial charge in [0.05, 0.1) is 13.2 Å². The van der Waals surface area contributed by atoms with E-state index < -0.39 is 68.3 Å². The summed E-state index contributed by atoms with van der Waals surface area (Å²) in [5, 5.41) is 75.4. The molecule has 11 heteroatoms. The van der Waals surface area contributed by atoms with Gasteiger partial charge < -0.3 is 55.1 Å². The van der Waals surface area contributed by atoms with Gasteiger partial charge in [-0.3, -0.25) is 0 Å². The molecule has 0 aromatic rings. The van der Waals surface area contributed by atoms with Crippen LogP contribution in [0.5, 0.6) is 0 Å². The summed E-state index contributed by atoms with van der Waals surface area (Å²) < 4.78 is 9.94. The number of ether oxygens (including phenoxy) is 2. The minimum atomic E-state index is -1.96. The number of aliphatic hydroxyl groups excluding tert-OH is 8. The molecule has 0 aliphatic carbocycles. The van der Waals surface area contributed by atoms with Crippen molar-refractivity contribution in [3.05, 3.63) is 0 Å². The molecule has 0 spiro atoms. The van der Waals surface area contributed by atoms with Gasteiger partial charge in [0.1, 0.15) is 48.8 Å². The van der Waals surface area contributed by atoms with Crippen molar-refractivity contribution >= 4 is 6.29 Å². The summed E-state index contributed by atoms with van der Waals surface area (Å²) in [6.45, 7) is -1.37. The number of rotatable bonds is 8. The summed E-state index contributed by atoms with van der Waals surface area (Å²) in [7, 11) is 0. The van der Waals surface area contributed by atoms with Gasteiger partial charge in [0.25, 0.3) is 0 Å². The largest absolute Gasteiger partial charge is 0.394 e. The topological polar surface area (TPSA) is 197 Å². The fraction of sp³-hybridized carbons (Fsp3) is 0.917. The molecule has 0 bridgehead atoms. The van der Waals surface area contributed by atoms with E-state index in [0.29, 0.717) is 0 Å². The average molecular weight is 342 g/mol. The van der Waals surface area contributed by atoms with E-state index in [1.165, 1.54) is 0 Å². The molecule has 1 heterocycles. The molecule has 1 aliphatic heterocycles. The summed E-state index contributed by atoms with van der Waals surface area (Å²) in [6, 6.07) is 0. The summed E-state index contributed by atoms with van der Waals surface area (Å²) in [6.07, 6.45) is -15.3. The van der Waals surface area contributed by atoms with Gasteiger partial charge in [0.2, 0.25) is 0 Å². The van der Waals surface area contributed by atoms with Crippen molar-refractivity contribution < 1.29 is 55.1 Å². The van der Waals surface area contributed by atoms with Gasteiger partial charge in [-0.1, -0.05) is 0 Å². The Morgan fingerprint density at radius 1 is 1.00 bits per heavy atom. The highest BCUT2D eigenvalue weighted by Crippen LogP contribution is 2.22. The monoisotopic (exact) mass is 342 g/mol. The van der Waals surface area contributed by atoms with Crippen molar-refractivity contribution in [1.29, 1.82) is 0 Å². The quantitative estimate of drug-likeness (QED) is 0.196. The Bertz CT molecular complexity index is 365. The first-order valence-corrected chi connectivity index (χ1v) is 6.84. The number of carbonyl (C=O) groups is 1. The third-order valence-corrected chi connectivity index (χ3v) is 3.51. The molecule has 8 N–H and O–H groups in total. The van der Waals surface area contributed by atoms with E-state index in [4.69, 9.17) is 19.7 Å². The van der Waals surface area contributed by atoms with Crippen molar-refractivity contribution in [2.75, 3.05) is 13.2 Å². The molecule has 0 amide bonds. The lowest BCUT2D eigenvalue weighted by atomic mass is 9.99. The van der Waals surface area contributed by atoms with Crippen LogP contribution in [0.4, 0.5) is 0 Å². The molecular formula is C12H22O11. The number of hydrogen-bond donors (Lipinski definition) is 8. The van der Waals surface area contributed by atoms with E-state index in [0.717, 1.165) is 0 Å². The predicted octanol–water partition coefficient (Wildman–Crippen LogP) is -5.55. The first-order valence-electron chi connectivity index (χ1n) is 6.84. The number of aldehydes is 1. The molecule has 0 aromatic heterocycles. The molecule has 136 valence electrons. The van der Waals surface area contributed by atoms with Crippen molar-refractivity contribution in [3.8, 4) is 0 Å². The normalized spacial score (nSPS) is 37.0. The fourth-order valence-corrected chi connectivity index (χ4v) is 2.01. The van der Waals surface area contributed by atoms with Gasteiger partial charge in [-0.15, -0.1) is 0 Å². The molecule has 1 aliphatic rings. The lowest BCUT2D eigenvalue weighted by molar-refractivity contribution is -0.306. The SMILES string of the molecule is O=C[C@@H](O)[C@@H](O)[C@H](O)[C@H](O)CO[C@@H]1O[C@@H](CO)[C@H](O)[C@@H](O)[C@H]1O. The molecule has 1 rings (SSSR count). The first-order chi connectivity index (χ1) is 10.7. The van der Waals surface area contributed by atoms with Crippen LogP contribution in [0.15, 0.2) is 0 Å². The Morgan fingerprint density at radius 3 is 2.13 bits per heavy atom. The second-order valence-electron chi connectivity index (χ2n) is 5.21. The van der Waals surface area contributed by atoms with E-state index in [2.05, 4.69) is 0 Å². The zero-order chi connectivity index (χ0) is 17.7. The van der Waals surface area contributed by atoms with Crippen molar-refractivity contribution in [3.63, 3.8) is 0 Å². The minimum absolute atomic E-state index is 0.0287. The van der Waals surface area contributed by atoms with Crippen LogP contribution in [0, 0.1) is 0 Å². The highest BCUT2D eigenvalue weighted by molar-refractivity contribution is 5.56. The zero-order valence-corrected chi connectivity index (χ0v) is 12.0. The molecule has 23 heavy (non-hydrogen) atoms. The highest BCUT2D eigenvalue weighted by atomic mass is 16.7. The number of hydrogen-bond acceptors (Lipinski definition) is 11. The fourth-order valence-electron chi connectivity index (χ4n) is 2.01. The van der Waals surface area contributed by atoms with E-state index in [-0.39, 0.29) is 6.29 Å². The Kier molecular flexibility index (Phi) is 7.89. The van der Waals surface area contributed by atoms with Crippen LogP contribution < -0.4 is 0 Å². The van der Waals surface area contributed by atoms with E-state index in [9.17, 15) is 35.4 Å². The van der Waals surface area contributed by atoms with Crippen molar-refractivity contribution in [2.45, 2.75) is 55.1 Å². The minimum Gasteiger partial charge on any atom is -0.394 e. The summed E-state index contributed by atoms with van der Waals surface area (Å²) >= 11 is 0. The smallest absolute Gasteiger partial charge is 0.186 e. The molecule has 1 saturated heterocycles. The Labute approximate surface area is 130 Å². The molecule has 0 aromatic carbocycles. The van der Waals surface area contributed by atoms with Crippen LogP contribution in [-0.4, -0.2) is 115 Å².